The Balaban J connectivity index is 3.09. The molecule has 0 spiro atoms. The Labute approximate surface area is 79.4 Å². The summed E-state index contributed by atoms with van der Waals surface area (Å²) >= 11 is 3.11. The number of nitrogens with one attached hydrogen (secondary N) is 1. The van der Waals surface area contributed by atoms with Crippen LogP contribution in [-0.4, -0.2) is 22.5 Å². The minimum Gasteiger partial charge on any atom is -0.312 e. The van der Waals surface area contributed by atoms with Gasteiger partial charge in [0.05, 0.1) is 16.9 Å². The van der Waals surface area contributed by atoms with Gasteiger partial charge in [-0.25, -0.2) is 4.98 Å². The lowest BCUT2D eigenvalue weighted by molar-refractivity contribution is 0.973. The van der Waals surface area contributed by atoms with Crippen molar-refractivity contribution >= 4 is 23.5 Å². The van der Waals surface area contributed by atoms with Gasteiger partial charge in [0, 0.05) is 5.75 Å². The molecule has 0 aliphatic rings. The van der Waals surface area contributed by atoms with Crippen LogP contribution in [0.2, 0.25) is 0 Å². The van der Waals surface area contributed by atoms with Crippen LogP contribution in [0.15, 0.2) is 16.0 Å². The summed E-state index contributed by atoms with van der Waals surface area (Å²) in [5.41, 5.74) is 0.834. The van der Waals surface area contributed by atoms with E-state index in [2.05, 4.69) is 9.97 Å². The molecular weight excluding hydrogens is 192 g/mol. The van der Waals surface area contributed by atoms with Crippen molar-refractivity contribution in [3.05, 3.63) is 22.4 Å². The molecule has 5 heteroatoms. The van der Waals surface area contributed by atoms with Crippen LogP contribution in [0.25, 0.3) is 0 Å². The van der Waals surface area contributed by atoms with Crippen molar-refractivity contribution in [1.29, 1.82) is 0 Å². The lowest BCUT2D eigenvalue weighted by atomic mass is 10.4. The van der Waals surface area contributed by atoms with Gasteiger partial charge in [0.1, 0.15) is 0 Å². The average molecular weight is 202 g/mol. The standard InChI is InChI=1S/C7H10N2OS2/c1-11-3-5-6(12-2)7(10)9-4-8-5/h4H,3H2,1-2H3,(H,8,9,10). The summed E-state index contributed by atoms with van der Waals surface area (Å²) in [6, 6.07) is 0. The molecule has 1 heterocycles. The second kappa shape index (κ2) is 4.57. The van der Waals surface area contributed by atoms with Crippen molar-refractivity contribution < 1.29 is 0 Å². The number of H-pyrrole nitrogens is 1. The van der Waals surface area contributed by atoms with E-state index in [0.717, 1.165) is 16.3 Å². The number of hydrogen-bond acceptors (Lipinski definition) is 4. The molecule has 12 heavy (non-hydrogen) atoms. The summed E-state index contributed by atoms with van der Waals surface area (Å²) in [5, 5.41) is 0. The number of rotatable bonds is 3. The Morgan fingerprint density at radius 3 is 2.92 bits per heavy atom. The van der Waals surface area contributed by atoms with Gasteiger partial charge in [-0.3, -0.25) is 4.79 Å². The largest absolute Gasteiger partial charge is 0.312 e. The maximum Gasteiger partial charge on any atom is 0.264 e. The monoisotopic (exact) mass is 202 g/mol. The van der Waals surface area contributed by atoms with Crippen LogP contribution in [-0.2, 0) is 5.75 Å². The second-order valence-corrected chi connectivity index (χ2v) is 3.83. The number of aromatic amines is 1. The van der Waals surface area contributed by atoms with E-state index in [1.54, 1.807) is 11.8 Å². The molecule has 1 N–H and O–H groups in total. The van der Waals surface area contributed by atoms with Crippen LogP contribution in [0, 0.1) is 0 Å². The summed E-state index contributed by atoms with van der Waals surface area (Å²) in [5.74, 6) is 0.792. The van der Waals surface area contributed by atoms with E-state index in [1.807, 2.05) is 12.5 Å². The van der Waals surface area contributed by atoms with Gasteiger partial charge in [-0.1, -0.05) is 0 Å². The third kappa shape index (κ3) is 2.04. The van der Waals surface area contributed by atoms with Crippen LogP contribution >= 0.6 is 23.5 Å². The summed E-state index contributed by atoms with van der Waals surface area (Å²) < 4.78 is 0. The van der Waals surface area contributed by atoms with Crippen LogP contribution < -0.4 is 5.56 Å². The lowest BCUT2D eigenvalue weighted by Crippen LogP contribution is -2.11. The molecule has 0 radical (unpaired) electrons. The van der Waals surface area contributed by atoms with Crippen LogP contribution in [0.3, 0.4) is 0 Å². The first-order chi connectivity index (χ1) is 5.79. The van der Waals surface area contributed by atoms with Gasteiger partial charge in [0.2, 0.25) is 0 Å². The van der Waals surface area contributed by atoms with Crippen molar-refractivity contribution in [3.8, 4) is 0 Å². The Morgan fingerprint density at radius 2 is 2.33 bits per heavy atom. The van der Waals surface area contributed by atoms with E-state index in [1.165, 1.54) is 18.1 Å². The van der Waals surface area contributed by atoms with Gasteiger partial charge in [0.25, 0.3) is 5.56 Å². The maximum atomic E-state index is 11.2. The van der Waals surface area contributed by atoms with E-state index in [-0.39, 0.29) is 5.56 Å². The number of aromatic nitrogens is 2. The Kier molecular flexibility index (Phi) is 3.68. The quantitative estimate of drug-likeness (QED) is 0.752. The zero-order chi connectivity index (χ0) is 8.97. The third-order valence-corrected chi connectivity index (χ3v) is 2.76. The van der Waals surface area contributed by atoms with E-state index >= 15 is 0 Å². The fraction of sp³-hybridized carbons (Fsp3) is 0.429. The molecule has 0 fully saturated rings. The Morgan fingerprint density at radius 1 is 1.58 bits per heavy atom. The van der Waals surface area contributed by atoms with Gasteiger partial charge in [0.15, 0.2) is 0 Å². The Hall–Kier alpha value is -0.420. The van der Waals surface area contributed by atoms with Crippen molar-refractivity contribution in [1.82, 2.24) is 9.97 Å². The topological polar surface area (TPSA) is 45.8 Å². The molecule has 3 nitrogen and oxygen atoms in total. The zero-order valence-corrected chi connectivity index (χ0v) is 8.59. The van der Waals surface area contributed by atoms with Crippen LogP contribution in [0.5, 0.6) is 0 Å². The highest BCUT2D eigenvalue weighted by Crippen LogP contribution is 2.16. The first kappa shape index (κ1) is 9.67. The van der Waals surface area contributed by atoms with Gasteiger partial charge < -0.3 is 4.98 Å². The van der Waals surface area contributed by atoms with Gasteiger partial charge in [-0.05, 0) is 12.5 Å². The number of thioether (sulfide) groups is 2. The van der Waals surface area contributed by atoms with Crippen LogP contribution in [0.1, 0.15) is 5.69 Å². The molecule has 0 aliphatic carbocycles. The molecule has 1 rings (SSSR count). The molecule has 0 bridgehead atoms. The molecule has 0 saturated carbocycles. The summed E-state index contributed by atoms with van der Waals surface area (Å²) in [6.07, 6.45) is 5.33. The van der Waals surface area contributed by atoms with Crippen LogP contribution in [0.4, 0.5) is 0 Å². The van der Waals surface area contributed by atoms with E-state index in [0.29, 0.717) is 0 Å². The highest BCUT2D eigenvalue weighted by atomic mass is 32.2. The molecule has 0 aromatic carbocycles. The van der Waals surface area contributed by atoms with Crippen molar-refractivity contribution in [2.24, 2.45) is 0 Å². The SMILES string of the molecule is CSCc1nc[nH]c(=O)c1SC. The second-order valence-electron chi connectivity index (χ2n) is 2.14. The summed E-state index contributed by atoms with van der Waals surface area (Å²) in [7, 11) is 0. The molecule has 0 atom stereocenters. The summed E-state index contributed by atoms with van der Waals surface area (Å²) in [6.45, 7) is 0. The predicted molar refractivity (Wildman–Crippen MR) is 53.9 cm³/mol. The highest BCUT2D eigenvalue weighted by molar-refractivity contribution is 7.99. The van der Waals surface area contributed by atoms with Gasteiger partial charge >= 0.3 is 0 Å². The first-order valence-electron chi connectivity index (χ1n) is 3.39. The lowest BCUT2D eigenvalue weighted by Gasteiger charge is -2.01. The molecule has 0 unspecified atom stereocenters. The van der Waals surface area contributed by atoms with Gasteiger partial charge in [-0.15, -0.1) is 11.8 Å². The number of nitrogens with zero attached hydrogens (tertiary/aromatic N) is 1. The third-order valence-electron chi connectivity index (χ3n) is 1.37. The molecule has 0 amide bonds. The first-order valence-corrected chi connectivity index (χ1v) is 6.01. The molecule has 1 aromatic heterocycles. The summed E-state index contributed by atoms with van der Waals surface area (Å²) in [4.78, 5) is 18.6. The highest BCUT2D eigenvalue weighted by Gasteiger charge is 2.05. The van der Waals surface area contributed by atoms with Gasteiger partial charge in [-0.2, -0.15) is 11.8 Å². The maximum absolute atomic E-state index is 11.2. The average Bonchev–Trinajstić information content (AvgIpc) is 2.05. The van der Waals surface area contributed by atoms with Crippen molar-refractivity contribution in [2.75, 3.05) is 12.5 Å². The van der Waals surface area contributed by atoms with E-state index in [9.17, 15) is 4.79 Å². The minimum absolute atomic E-state index is 0.0402. The molecular formula is C7H10N2OS2. The molecule has 0 saturated heterocycles. The molecule has 1 aromatic rings. The fourth-order valence-corrected chi connectivity index (χ4v) is 2.06. The van der Waals surface area contributed by atoms with Crippen molar-refractivity contribution in [2.45, 2.75) is 10.6 Å². The molecule has 0 aliphatic heterocycles. The predicted octanol–water partition coefficient (Wildman–Crippen LogP) is 1.35. The minimum atomic E-state index is -0.0402. The number of hydrogen-bond donors (Lipinski definition) is 1. The fourth-order valence-electron chi connectivity index (χ4n) is 0.874. The zero-order valence-electron chi connectivity index (χ0n) is 6.96. The Bertz CT molecular complexity index is 311. The van der Waals surface area contributed by atoms with E-state index in [4.69, 9.17) is 0 Å². The smallest absolute Gasteiger partial charge is 0.264 e. The normalized spacial score (nSPS) is 10.2. The molecule has 66 valence electrons. The van der Waals surface area contributed by atoms with E-state index < -0.39 is 0 Å². The van der Waals surface area contributed by atoms with Crippen molar-refractivity contribution in [3.63, 3.8) is 0 Å².